The molecule has 3 N–H and O–H groups in total. The summed E-state index contributed by atoms with van der Waals surface area (Å²) in [6.45, 7) is 0.302. The molecule has 20 heavy (non-hydrogen) atoms. The third kappa shape index (κ3) is 4.97. The van der Waals surface area contributed by atoms with Crippen LogP contribution in [0.5, 0.6) is 0 Å². The van der Waals surface area contributed by atoms with E-state index >= 15 is 0 Å². The normalized spacial score (nSPS) is 9.95. The van der Waals surface area contributed by atoms with Gasteiger partial charge in [-0.2, -0.15) is 0 Å². The zero-order chi connectivity index (χ0) is 15.1. The van der Waals surface area contributed by atoms with E-state index < -0.39 is 5.97 Å². The smallest absolute Gasteiger partial charge is 0.319 e. The van der Waals surface area contributed by atoms with E-state index in [1.54, 1.807) is 18.2 Å². The van der Waals surface area contributed by atoms with Gasteiger partial charge in [-0.05, 0) is 18.6 Å². The van der Waals surface area contributed by atoms with Crippen LogP contribution in [0.4, 0.5) is 16.2 Å². The third-order valence-corrected chi connectivity index (χ3v) is 2.84. The molecule has 0 aromatic heterocycles. The van der Waals surface area contributed by atoms with Crippen LogP contribution in [-0.2, 0) is 4.79 Å². The minimum Gasteiger partial charge on any atom is -0.481 e. The number of aliphatic carboxylic acids is 1. The maximum atomic E-state index is 11.7. The Morgan fingerprint density at radius 3 is 2.65 bits per heavy atom. The highest BCUT2D eigenvalue weighted by atomic mass is 35.5. The molecule has 0 unspecified atom stereocenters. The van der Waals surface area contributed by atoms with Gasteiger partial charge in [0.1, 0.15) is 0 Å². The maximum Gasteiger partial charge on any atom is 0.319 e. The van der Waals surface area contributed by atoms with Gasteiger partial charge in [0.05, 0.1) is 16.4 Å². The number of urea groups is 1. The Morgan fingerprint density at radius 2 is 2.05 bits per heavy atom. The summed E-state index contributed by atoms with van der Waals surface area (Å²) < 4.78 is 0. The van der Waals surface area contributed by atoms with Gasteiger partial charge in [-0.25, -0.2) is 4.79 Å². The summed E-state index contributed by atoms with van der Waals surface area (Å²) in [6, 6.07) is 4.85. The van der Waals surface area contributed by atoms with E-state index in [-0.39, 0.29) is 12.5 Å². The number of carbonyl (C=O) groups excluding carboxylic acids is 1. The molecule has 1 aromatic carbocycles. The van der Waals surface area contributed by atoms with E-state index in [2.05, 4.69) is 10.6 Å². The number of nitrogens with one attached hydrogen (secondary N) is 2. The topological polar surface area (TPSA) is 81.7 Å². The Hall–Kier alpha value is -1.95. The number of halogens is 1. The summed E-state index contributed by atoms with van der Waals surface area (Å²) in [5, 5.41) is 14.3. The molecule has 1 aromatic rings. The first-order valence-electron chi connectivity index (χ1n) is 6.14. The lowest BCUT2D eigenvalue weighted by Gasteiger charge is -2.19. The first-order chi connectivity index (χ1) is 9.41. The van der Waals surface area contributed by atoms with Gasteiger partial charge in [0.15, 0.2) is 0 Å². The lowest BCUT2D eigenvalue weighted by Crippen LogP contribution is -2.30. The molecule has 2 amide bonds. The molecule has 0 aliphatic heterocycles. The summed E-state index contributed by atoms with van der Waals surface area (Å²) in [4.78, 5) is 23.9. The van der Waals surface area contributed by atoms with E-state index in [0.717, 1.165) is 5.69 Å². The molecular formula is C13H18ClN3O3. The quantitative estimate of drug-likeness (QED) is 0.705. The molecule has 110 valence electrons. The monoisotopic (exact) mass is 299 g/mol. The highest BCUT2D eigenvalue weighted by Gasteiger charge is 2.11. The van der Waals surface area contributed by atoms with Crippen LogP contribution in [-0.4, -0.2) is 37.7 Å². The highest BCUT2D eigenvalue weighted by Crippen LogP contribution is 2.32. The molecule has 0 spiro atoms. The Balaban J connectivity index is 2.58. The highest BCUT2D eigenvalue weighted by molar-refractivity contribution is 6.34. The van der Waals surface area contributed by atoms with Crippen LogP contribution in [0.25, 0.3) is 0 Å². The number of carbonyl (C=O) groups is 2. The summed E-state index contributed by atoms with van der Waals surface area (Å²) in [7, 11) is 3.66. The first-order valence-corrected chi connectivity index (χ1v) is 6.52. The number of amides is 2. The van der Waals surface area contributed by atoms with E-state index in [0.29, 0.717) is 23.7 Å². The van der Waals surface area contributed by atoms with Gasteiger partial charge in [-0.15, -0.1) is 0 Å². The van der Waals surface area contributed by atoms with Gasteiger partial charge >= 0.3 is 12.0 Å². The molecule has 0 aliphatic carbocycles. The molecule has 0 radical (unpaired) electrons. The molecule has 7 heteroatoms. The number of benzene rings is 1. The Kier molecular flexibility index (Phi) is 6.11. The Labute approximate surface area is 122 Å². The van der Waals surface area contributed by atoms with Crippen LogP contribution < -0.4 is 15.5 Å². The average Bonchev–Trinajstić information content (AvgIpc) is 2.34. The fraction of sp³-hybridized carbons (Fsp3) is 0.385. The fourth-order valence-electron chi connectivity index (χ4n) is 1.68. The van der Waals surface area contributed by atoms with E-state index in [1.165, 1.54) is 0 Å². The van der Waals surface area contributed by atoms with E-state index in [9.17, 15) is 9.59 Å². The zero-order valence-corrected chi connectivity index (χ0v) is 12.2. The van der Waals surface area contributed by atoms with Crippen LogP contribution in [0.15, 0.2) is 18.2 Å². The molecule has 1 rings (SSSR count). The van der Waals surface area contributed by atoms with Gasteiger partial charge in [0.25, 0.3) is 0 Å². The summed E-state index contributed by atoms with van der Waals surface area (Å²) in [6.07, 6.45) is 0.416. The number of hydrogen-bond donors (Lipinski definition) is 3. The van der Waals surface area contributed by atoms with Gasteiger partial charge in [0.2, 0.25) is 0 Å². The van der Waals surface area contributed by atoms with Gasteiger partial charge in [-0.1, -0.05) is 17.7 Å². The predicted molar refractivity (Wildman–Crippen MR) is 79.7 cm³/mol. The maximum absolute atomic E-state index is 11.7. The van der Waals surface area contributed by atoms with Crippen LogP contribution in [0.1, 0.15) is 12.8 Å². The molecule has 0 aliphatic rings. The van der Waals surface area contributed by atoms with Crippen molar-refractivity contribution < 1.29 is 14.7 Å². The second-order valence-electron chi connectivity index (χ2n) is 4.41. The van der Waals surface area contributed by atoms with E-state index in [4.69, 9.17) is 16.7 Å². The average molecular weight is 300 g/mol. The van der Waals surface area contributed by atoms with Crippen molar-refractivity contribution in [1.82, 2.24) is 5.32 Å². The number of rotatable bonds is 6. The minimum absolute atomic E-state index is 0.0282. The van der Waals surface area contributed by atoms with Crippen molar-refractivity contribution in [3.8, 4) is 0 Å². The second-order valence-corrected chi connectivity index (χ2v) is 4.82. The Bertz CT molecular complexity index is 492. The van der Waals surface area contributed by atoms with Gasteiger partial charge in [0, 0.05) is 27.1 Å². The molecule has 0 atom stereocenters. The fourth-order valence-corrected chi connectivity index (χ4v) is 2.02. The molecule has 0 saturated carbocycles. The molecule has 0 saturated heterocycles. The van der Waals surface area contributed by atoms with Crippen molar-refractivity contribution in [2.75, 3.05) is 30.9 Å². The van der Waals surface area contributed by atoms with Crippen molar-refractivity contribution >= 4 is 35.0 Å². The lowest BCUT2D eigenvalue weighted by molar-refractivity contribution is -0.137. The second kappa shape index (κ2) is 7.59. The molecule has 0 heterocycles. The van der Waals surface area contributed by atoms with Crippen molar-refractivity contribution in [2.45, 2.75) is 12.8 Å². The van der Waals surface area contributed by atoms with Gasteiger partial charge in [-0.3, -0.25) is 4.79 Å². The number of nitrogens with zero attached hydrogens (tertiary/aromatic N) is 1. The summed E-state index contributed by atoms with van der Waals surface area (Å²) in [5.74, 6) is -0.878. The summed E-state index contributed by atoms with van der Waals surface area (Å²) in [5.41, 5.74) is 1.31. The number of carboxylic acids is 1. The standard InChI is InChI=1S/C13H18ClN3O3/c1-17(2)12-9(14)5-3-6-10(12)16-13(20)15-8-4-7-11(18)19/h3,5-6H,4,7-8H2,1-2H3,(H,18,19)(H2,15,16,20). The van der Waals surface area contributed by atoms with Crippen LogP contribution in [0, 0.1) is 0 Å². The first kappa shape index (κ1) is 16.1. The van der Waals surface area contributed by atoms with Crippen molar-refractivity contribution in [2.24, 2.45) is 0 Å². The number of hydrogen-bond acceptors (Lipinski definition) is 3. The van der Waals surface area contributed by atoms with E-state index in [1.807, 2.05) is 19.0 Å². The van der Waals surface area contributed by atoms with Crippen LogP contribution >= 0.6 is 11.6 Å². The zero-order valence-electron chi connectivity index (χ0n) is 11.4. The van der Waals surface area contributed by atoms with Crippen molar-refractivity contribution in [3.63, 3.8) is 0 Å². The molecule has 6 nitrogen and oxygen atoms in total. The SMILES string of the molecule is CN(C)c1c(Cl)cccc1NC(=O)NCCCC(=O)O. The molecule has 0 bridgehead atoms. The molecular weight excluding hydrogens is 282 g/mol. The third-order valence-electron chi connectivity index (χ3n) is 2.54. The number of anilines is 2. The predicted octanol–water partition coefficient (Wildman–Crippen LogP) is 2.39. The van der Waals surface area contributed by atoms with Crippen LogP contribution in [0.2, 0.25) is 5.02 Å². The lowest BCUT2D eigenvalue weighted by atomic mass is 10.2. The van der Waals surface area contributed by atoms with Gasteiger partial charge < -0.3 is 20.6 Å². The van der Waals surface area contributed by atoms with Crippen molar-refractivity contribution in [1.29, 1.82) is 0 Å². The molecule has 0 fully saturated rings. The summed E-state index contributed by atoms with van der Waals surface area (Å²) >= 11 is 6.09. The minimum atomic E-state index is -0.878. The van der Waals surface area contributed by atoms with Crippen molar-refractivity contribution in [3.05, 3.63) is 23.2 Å². The van der Waals surface area contributed by atoms with Crippen LogP contribution in [0.3, 0.4) is 0 Å². The largest absolute Gasteiger partial charge is 0.481 e. The Morgan fingerprint density at radius 1 is 1.35 bits per heavy atom. The number of para-hydroxylation sites is 1. The number of carboxylic acid groups (broad SMARTS) is 1.